The van der Waals surface area contributed by atoms with Crippen LogP contribution < -0.4 is 16.6 Å². The Bertz CT molecular complexity index is 1010. The van der Waals surface area contributed by atoms with E-state index in [1.165, 1.54) is 21.9 Å². The number of aromatic nitrogens is 2. The summed E-state index contributed by atoms with van der Waals surface area (Å²) in [6, 6.07) is 8.79. The molecule has 1 aromatic carbocycles. The van der Waals surface area contributed by atoms with E-state index in [0.717, 1.165) is 32.5 Å². The second kappa shape index (κ2) is 7.99. The maximum Gasteiger partial charge on any atom is 0.328 e. The van der Waals surface area contributed by atoms with Gasteiger partial charge in [-0.25, -0.2) is 4.79 Å². The summed E-state index contributed by atoms with van der Waals surface area (Å²) in [5.41, 5.74) is 2.07. The number of likely N-dealkylation sites (tertiary alicyclic amines) is 1. The first-order valence-corrected chi connectivity index (χ1v) is 10.3. The molecule has 2 aromatic rings. The number of aryl methyl sites for hydroxylation is 2. The van der Waals surface area contributed by atoms with Gasteiger partial charge in [0.1, 0.15) is 6.54 Å². The van der Waals surface area contributed by atoms with E-state index in [0.29, 0.717) is 17.4 Å². The van der Waals surface area contributed by atoms with Crippen molar-refractivity contribution in [3.63, 3.8) is 0 Å². The zero-order valence-electron chi connectivity index (χ0n) is 17.0. The minimum Gasteiger partial charge on any atom is -0.351 e. The van der Waals surface area contributed by atoms with Crippen LogP contribution in [0.2, 0.25) is 0 Å². The molecule has 1 saturated carbocycles. The Labute approximate surface area is 169 Å². The molecular formula is C22H28N4O3. The van der Waals surface area contributed by atoms with Gasteiger partial charge >= 0.3 is 5.69 Å². The first kappa shape index (κ1) is 19.6. The van der Waals surface area contributed by atoms with Crippen LogP contribution in [0.25, 0.3) is 0 Å². The molecule has 1 saturated heterocycles. The zero-order chi connectivity index (χ0) is 20.5. The van der Waals surface area contributed by atoms with Crippen LogP contribution in [-0.4, -0.2) is 39.5 Å². The number of nitrogens with one attached hydrogen (secondary N) is 2. The lowest BCUT2D eigenvalue weighted by Gasteiger charge is -2.38. The molecule has 7 heteroatoms. The van der Waals surface area contributed by atoms with Gasteiger partial charge in [-0.05, 0) is 44.1 Å². The molecule has 2 aliphatic rings. The Morgan fingerprint density at radius 2 is 1.90 bits per heavy atom. The van der Waals surface area contributed by atoms with Gasteiger partial charge < -0.3 is 5.32 Å². The fourth-order valence-electron chi connectivity index (χ4n) is 4.88. The van der Waals surface area contributed by atoms with Crippen LogP contribution in [-0.2, 0) is 17.9 Å². The summed E-state index contributed by atoms with van der Waals surface area (Å²) in [4.78, 5) is 40.7. The van der Waals surface area contributed by atoms with Crippen LogP contribution in [0.5, 0.6) is 0 Å². The van der Waals surface area contributed by atoms with Gasteiger partial charge in [0.15, 0.2) is 0 Å². The third-order valence-corrected chi connectivity index (χ3v) is 6.23. The molecule has 154 valence electrons. The van der Waals surface area contributed by atoms with Gasteiger partial charge in [0, 0.05) is 37.4 Å². The standard InChI is InChI=1S/C22H28N4O3/c1-14-4-3-5-16(8-14)10-25-11-17-6-7-18(12-25)20(17)23-19(27)13-26-9-15(2)21(28)24-22(26)29/h3-5,8-9,17-18,20H,6-7,10-13H2,1-2H3,(H,23,27)(H,24,28,29)/t17-,18+,20?. The summed E-state index contributed by atoms with van der Waals surface area (Å²) in [6.07, 6.45) is 3.69. The molecule has 29 heavy (non-hydrogen) atoms. The van der Waals surface area contributed by atoms with E-state index < -0.39 is 11.2 Å². The summed E-state index contributed by atoms with van der Waals surface area (Å²) < 4.78 is 1.26. The number of hydrogen-bond donors (Lipinski definition) is 2. The fourth-order valence-corrected chi connectivity index (χ4v) is 4.88. The highest BCUT2D eigenvalue weighted by Gasteiger charge is 2.42. The van der Waals surface area contributed by atoms with Crippen molar-refractivity contribution < 1.29 is 4.79 Å². The maximum absolute atomic E-state index is 12.6. The van der Waals surface area contributed by atoms with Crippen LogP contribution >= 0.6 is 0 Å². The largest absolute Gasteiger partial charge is 0.351 e. The molecule has 3 atom stereocenters. The lowest BCUT2D eigenvalue weighted by molar-refractivity contribution is -0.123. The van der Waals surface area contributed by atoms with E-state index in [4.69, 9.17) is 0 Å². The SMILES string of the molecule is Cc1cccc(CN2C[C@H]3CC[C@@H](C2)C3NC(=O)Cn2cc(C)c(=O)[nH]c2=O)c1. The van der Waals surface area contributed by atoms with Crippen molar-refractivity contribution in [3.8, 4) is 0 Å². The molecule has 1 aliphatic heterocycles. The predicted molar refractivity (Wildman–Crippen MR) is 111 cm³/mol. The number of benzene rings is 1. The number of fused-ring (bicyclic) bond motifs is 2. The summed E-state index contributed by atoms with van der Waals surface area (Å²) in [7, 11) is 0. The molecular weight excluding hydrogens is 368 g/mol. The smallest absolute Gasteiger partial charge is 0.328 e. The zero-order valence-corrected chi connectivity index (χ0v) is 17.0. The Kier molecular flexibility index (Phi) is 5.41. The number of piperidine rings is 1. The molecule has 2 fully saturated rings. The van der Waals surface area contributed by atoms with Crippen LogP contribution in [0.15, 0.2) is 40.1 Å². The van der Waals surface area contributed by atoms with Crippen molar-refractivity contribution in [3.05, 3.63) is 68.0 Å². The highest BCUT2D eigenvalue weighted by atomic mass is 16.2. The molecule has 0 spiro atoms. The first-order chi connectivity index (χ1) is 13.9. The van der Waals surface area contributed by atoms with Crippen molar-refractivity contribution in [2.45, 2.75) is 45.8 Å². The summed E-state index contributed by atoms with van der Waals surface area (Å²) >= 11 is 0. The van der Waals surface area contributed by atoms with E-state index in [1.807, 2.05) is 0 Å². The average Bonchev–Trinajstić information content (AvgIpc) is 2.88. The summed E-state index contributed by atoms with van der Waals surface area (Å²) in [6.45, 7) is 6.57. The molecule has 2 heterocycles. The Morgan fingerprint density at radius 1 is 1.17 bits per heavy atom. The lowest BCUT2D eigenvalue weighted by atomic mass is 9.91. The van der Waals surface area contributed by atoms with Gasteiger partial charge in [0.25, 0.3) is 5.56 Å². The minimum atomic E-state index is -0.549. The number of amides is 1. The first-order valence-electron chi connectivity index (χ1n) is 10.3. The third kappa shape index (κ3) is 4.34. The minimum absolute atomic E-state index is 0.0700. The number of aromatic amines is 1. The van der Waals surface area contributed by atoms with Gasteiger partial charge in [-0.3, -0.25) is 24.0 Å². The van der Waals surface area contributed by atoms with E-state index in [2.05, 4.69) is 46.4 Å². The Balaban J connectivity index is 1.37. The highest BCUT2D eigenvalue weighted by molar-refractivity contribution is 5.76. The summed E-state index contributed by atoms with van der Waals surface area (Å²) in [5, 5.41) is 3.17. The van der Waals surface area contributed by atoms with Crippen LogP contribution in [0.1, 0.15) is 29.5 Å². The van der Waals surface area contributed by atoms with Crippen molar-refractivity contribution >= 4 is 5.91 Å². The Hall–Kier alpha value is -2.67. The molecule has 1 amide bonds. The van der Waals surface area contributed by atoms with E-state index >= 15 is 0 Å². The summed E-state index contributed by atoms with van der Waals surface area (Å²) in [5.74, 6) is 0.709. The van der Waals surface area contributed by atoms with Gasteiger partial charge in [0.2, 0.25) is 5.91 Å². The number of carbonyl (C=O) groups excluding carboxylic acids is 1. The molecule has 2 bridgehead atoms. The normalized spacial score (nSPS) is 23.9. The topological polar surface area (TPSA) is 87.2 Å². The fraction of sp³-hybridized carbons (Fsp3) is 0.500. The van der Waals surface area contributed by atoms with E-state index in [1.54, 1.807) is 6.92 Å². The van der Waals surface area contributed by atoms with Crippen molar-refractivity contribution in [1.82, 2.24) is 19.8 Å². The second-order valence-electron chi connectivity index (χ2n) is 8.57. The number of H-pyrrole nitrogens is 1. The number of carbonyl (C=O) groups is 1. The number of hydrogen-bond acceptors (Lipinski definition) is 4. The van der Waals surface area contributed by atoms with Crippen LogP contribution in [0.3, 0.4) is 0 Å². The maximum atomic E-state index is 12.6. The number of rotatable bonds is 5. The molecule has 0 radical (unpaired) electrons. The highest BCUT2D eigenvalue weighted by Crippen LogP contribution is 2.37. The molecule has 4 rings (SSSR count). The van der Waals surface area contributed by atoms with Gasteiger partial charge in [-0.1, -0.05) is 29.8 Å². The van der Waals surface area contributed by atoms with Crippen LogP contribution in [0, 0.1) is 25.7 Å². The van der Waals surface area contributed by atoms with Gasteiger partial charge in [-0.15, -0.1) is 0 Å². The van der Waals surface area contributed by atoms with Gasteiger partial charge in [0.05, 0.1) is 0 Å². The molecule has 7 nitrogen and oxygen atoms in total. The number of nitrogens with zero attached hydrogens (tertiary/aromatic N) is 2. The van der Waals surface area contributed by atoms with E-state index in [9.17, 15) is 14.4 Å². The second-order valence-corrected chi connectivity index (χ2v) is 8.57. The monoisotopic (exact) mass is 396 g/mol. The molecule has 1 aromatic heterocycles. The lowest BCUT2D eigenvalue weighted by Crippen LogP contribution is -2.53. The molecule has 2 N–H and O–H groups in total. The van der Waals surface area contributed by atoms with Crippen LogP contribution in [0.4, 0.5) is 0 Å². The Morgan fingerprint density at radius 3 is 2.59 bits per heavy atom. The average molecular weight is 396 g/mol. The van der Waals surface area contributed by atoms with Crippen molar-refractivity contribution in [2.24, 2.45) is 11.8 Å². The van der Waals surface area contributed by atoms with Crippen molar-refractivity contribution in [2.75, 3.05) is 13.1 Å². The van der Waals surface area contributed by atoms with Crippen molar-refractivity contribution in [1.29, 1.82) is 0 Å². The predicted octanol–water partition coefficient (Wildman–Crippen LogP) is 1.18. The third-order valence-electron chi connectivity index (χ3n) is 6.23. The molecule has 1 aliphatic carbocycles. The van der Waals surface area contributed by atoms with E-state index in [-0.39, 0.29) is 18.5 Å². The molecule has 1 unspecified atom stereocenters. The quantitative estimate of drug-likeness (QED) is 0.795. The van der Waals surface area contributed by atoms with Gasteiger partial charge in [-0.2, -0.15) is 0 Å².